The summed E-state index contributed by atoms with van der Waals surface area (Å²) in [6, 6.07) is 5.54. The molecule has 0 heterocycles. The van der Waals surface area contributed by atoms with Gasteiger partial charge in [0.15, 0.2) is 5.96 Å². The first-order valence-electron chi connectivity index (χ1n) is 8.20. The Morgan fingerprint density at radius 3 is 2.32 bits per heavy atom. The Bertz CT molecular complexity index is 523. The summed E-state index contributed by atoms with van der Waals surface area (Å²) >= 11 is 11.9. The van der Waals surface area contributed by atoms with Crippen LogP contribution in [0, 0.1) is 0 Å². The molecule has 0 aliphatic heterocycles. The van der Waals surface area contributed by atoms with E-state index in [1.165, 1.54) is 0 Å². The molecule has 0 saturated carbocycles. The third-order valence-electron chi connectivity index (χ3n) is 3.67. The quantitative estimate of drug-likeness (QED) is 0.289. The maximum Gasteiger partial charge on any atom is 0.191 e. The van der Waals surface area contributed by atoms with E-state index in [1.54, 1.807) is 18.2 Å². The van der Waals surface area contributed by atoms with Crippen molar-refractivity contribution in [3.63, 3.8) is 0 Å². The van der Waals surface area contributed by atoms with E-state index in [2.05, 4.69) is 41.4 Å². The Labute approximate surface area is 178 Å². The predicted molar refractivity (Wildman–Crippen MR) is 119 cm³/mol. The van der Waals surface area contributed by atoms with Crippen LogP contribution in [-0.2, 0) is 0 Å². The van der Waals surface area contributed by atoms with Crippen LogP contribution in [-0.4, -0.2) is 55.2 Å². The van der Waals surface area contributed by atoms with Crippen molar-refractivity contribution in [1.29, 1.82) is 0 Å². The molecule has 25 heavy (non-hydrogen) atoms. The topological polar surface area (TPSA) is 59.9 Å². The number of guanidine groups is 1. The first kappa shape index (κ1) is 24.7. The van der Waals surface area contributed by atoms with Crippen LogP contribution in [0.25, 0.3) is 0 Å². The fourth-order valence-corrected chi connectivity index (χ4v) is 2.54. The highest BCUT2D eigenvalue weighted by Gasteiger charge is 2.10. The molecule has 0 saturated heterocycles. The van der Waals surface area contributed by atoms with Crippen LogP contribution in [0.1, 0.15) is 32.4 Å². The smallest absolute Gasteiger partial charge is 0.191 e. The maximum absolute atomic E-state index is 10.3. The highest BCUT2D eigenvalue weighted by Crippen LogP contribution is 2.23. The number of nitrogens with zero attached hydrogens (tertiary/aromatic N) is 2. The number of aliphatic hydroxyl groups excluding tert-OH is 1. The van der Waals surface area contributed by atoms with E-state index in [0.29, 0.717) is 27.6 Å². The lowest BCUT2D eigenvalue weighted by molar-refractivity contribution is 0.187. The van der Waals surface area contributed by atoms with E-state index >= 15 is 0 Å². The van der Waals surface area contributed by atoms with Crippen LogP contribution in [0.2, 0.25) is 10.0 Å². The van der Waals surface area contributed by atoms with Crippen LogP contribution in [0.5, 0.6) is 0 Å². The number of aliphatic hydroxyl groups is 1. The van der Waals surface area contributed by atoms with Crippen molar-refractivity contribution in [3.05, 3.63) is 33.8 Å². The molecule has 144 valence electrons. The lowest BCUT2D eigenvalue weighted by atomic mass is 10.1. The van der Waals surface area contributed by atoms with E-state index in [4.69, 9.17) is 23.2 Å². The van der Waals surface area contributed by atoms with Gasteiger partial charge in [0, 0.05) is 35.7 Å². The molecule has 0 fully saturated rings. The van der Waals surface area contributed by atoms with Gasteiger partial charge in [-0.2, -0.15) is 0 Å². The molecule has 0 aromatic heterocycles. The normalized spacial score (nSPS) is 12.9. The summed E-state index contributed by atoms with van der Waals surface area (Å²) in [6.07, 6.45) is -0.755. The summed E-state index contributed by atoms with van der Waals surface area (Å²) in [5, 5.41) is 17.7. The van der Waals surface area contributed by atoms with Crippen molar-refractivity contribution < 1.29 is 5.11 Å². The summed E-state index contributed by atoms with van der Waals surface area (Å²) < 4.78 is 0. The fourth-order valence-electron chi connectivity index (χ4n) is 2.00. The summed E-state index contributed by atoms with van der Waals surface area (Å²) in [4.78, 5) is 6.68. The van der Waals surface area contributed by atoms with Crippen LogP contribution >= 0.6 is 47.2 Å². The number of hydrogen-bond acceptors (Lipinski definition) is 3. The number of hydrogen-bond donors (Lipinski definition) is 3. The molecule has 8 heteroatoms. The maximum atomic E-state index is 10.3. The molecule has 0 aliphatic rings. The zero-order valence-corrected chi connectivity index (χ0v) is 19.1. The van der Waals surface area contributed by atoms with Gasteiger partial charge in [-0.05, 0) is 51.6 Å². The largest absolute Gasteiger partial charge is 0.386 e. The van der Waals surface area contributed by atoms with E-state index in [1.807, 2.05) is 6.92 Å². The Morgan fingerprint density at radius 1 is 1.20 bits per heavy atom. The summed E-state index contributed by atoms with van der Waals surface area (Å²) in [5.74, 6) is 0.682. The minimum Gasteiger partial charge on any atom is -0.386 e. The highest BCUT2D eigenvalue weighted by molar-refractivity contribution is 14.0. The number of rotatable bonds is 8. The van der Waals surface area contributed by atoms with Gasteiger partial charge >= 0.3 is 0 Å². The molecular weight excluding hydrogens is 474 g/mol. The summed E-state index contributed by atoms with van der Waals surface area (Å²) in [5.41, 5.74) is 0.659. The van der Waals surface area contributed by atoms with Gasteiger partial charge in [-0.15, -0.1) is 24.0 Å². The molecule has 0 aliphatic carbocycles. The Kier molecular flexibility index (Phi) is 12.8. The monoisotopic (exact) mass is 502 g/mol. The average molecular weight is 503 g/mol. The van der Waals surface area contributed by atoms with Crippen molar-refractivity contribution >= 4 is 53.1 Å². The second-order valence-electron chi connectivity index (χ2n) is 5.94. The van der Waals surface area contributed by atoms with Crippen molar-refractivity contribution in [3.8, 4) is 0 Å². The number of nitrogens with one attached hydrogen (secondary N) is 2. The van der Waals surface area contributed by atoms with Crippen LogP contribution in [0.4, 0.5) is 0 Å². The van der Waals surface area contributed by atoms with Gasteiger partial charge in [0.25, 0.3) is 0 Å². The molecular formula is C17H29Cl2IN4O. The third-order valence-corrected chi connectivity index (χ3v) is 4.11. The van der Waals surface area contributed by atoms with Gasteiger partial charge < -0.3 is 20.6 Å². The SMILES string of the molecule is CCNC(=NCC(O)c1cc(Cl)cc(Cl)c1)NCCN(C)C(C)C.I. The van der Waals surface area contributed by atoms with Gasteiger partial charge in [-0.3, -0.25) is 4.99 Å². The second-order valence-corrected chi connectivity index (χ2v) is 6.81. The van der Waals surface area contributed by atoms with Crippen molar-refractivity contribution in [2.75, 3.05) is 33.2 Å². The molecule has 1 rings (SSSR count). The van der Waals surface area contributed by atoms with E-state index in [9.17, 15) is 5.11 Å². The number of likely N-dealkylation sites (N-methyl/N-ethyl adjacent to an activating group) is 1. The molecule has 3 N–H and O–H groups in total. The van der Waals surface area contributed by atoms with Crippen LogP contribution < -0.4 is 10.6 Å². The lowest BCUT2D eigenvalue weighted by Crippen LogP contribution is -2.42. The van der Waals surface area contributed by atoms with Gasteiger partial charge in [-0.25, -0.2) is 0 Å². The van der Waals surface area contributed by atoms with Crippen molar-refractivity contribution in [2.45, 2.75) is 32.9 Å². The Balaban J connectivity index is 0.00000576. The zero-order chi connectivity index (χ0) is 18.1. The molecule has 1 aromatic rings. The number of halogens is 3. The standard InChI is InChI=1S/C17H28Cl2N4O.HI/c1-5-20-17(21-6-7-23(4)12(2)3)22-11-16(24)13-8-14(18)10-15(19)9-13;/h8-10,12,16,24H,5-7,11H2,1-4H3,(H2,20,21,22);1H. The van der Waals surface area contributed by atoms with E-state index < -0.39 is 6.10 Å². The minimum absolute atomic E-state index is 0. The molecule has 5 nitrogen and oxygen atoms in total. The van der Waals surface area contributed by atoms with E-state index in [-0.39, 0.29) is 30.5 Å². The first-order valence-corrected chi connectivity index (χ1v) is 8.95. The molecule has 0 amide bonds. The molecule has 0 spiro atoms. The van der Waals surface area contributed by atoms with Gasteiger partial charge in [0.1, 0.15) is 0 Å². The molecule has 0 bridgehead atoms. The molecule has 1 aromatic carbocycles. The van der Waals surface area contributed by atoms with Crippen LogP contribution in [0.15, 0.2) is 23.2 Å². The van der Waals surface area contributed by atoms with Crippen molar-refractivity contribution in [2.24, 2.45) is 4.99 Å². The van der Waals surface area contributed by atoms with E-state index in [0.717, 1.165) is 19.6 Å². The number of benzene rings is 1. The summed E-state index contributed by atoms with van der Waals surface area (Å²) in [7, 11) is 2.09. The zero-order valence-electron chi connectivity index (χ0n) is 15.2. The average Bonchev–Trinajstić information content (AvgIpc) is 2.51. The van der Waals surface area contributed by atoms with Gasteiger partial charge in [0.2, 0.25) is 0 Å². The molecule has 1 atom stereocenters. The molecule has 0 radical (unpaired) electrons. The Morgan fingerprint density at radius 2 is 1.80 bits per heavy atom. The fraction of sp³-hybridized carbons (Fsp3) is 0.588. The molecule has 1 unspecified atom stereocenters. The lowest BCUT2D eigenvalue weighted by Gasteiger charge is -2.21. The third kappa shape index (κ3) is 9.84. The first-order chi connectivity index (χ1) is 11.3. The second kappa shape index (κ2) is 13.0. The Hall–Kier alpha value is -0.280. The minimum atomic E-state index is -0.755. The summed E-state index contributed by atoms with van der Waals surface area (Å²) in [6.45, 7) is 8.99. The highest BCUT2D eigenvalue weighted by atomic mass is 127. The number of aliphatic imine (C=N–C) groups is 1. The van der Waals surface area contributed by atoms with Crippen molar-refractivity contribution in [1.82, 2.24) is 15.5 Å². The van der Waals surface area contributed by atoms with Gasteiger partial charge in [0.05, 0.1) is 12.6 Å². The van der Waals surface area contributed by atoms with Gasteiger partial charge in [-0.1, -0.05) is 23.2 Å². The predicted octanol–water partition coefficient (Wildman–Crippen LogP) is 3.54. The van der Waals surface area contributed by atoms with Crippen LogP contribution in [0.3, 0.4) is 0 Å².